The highest BCUT2D eigenvalue weighted by molar-refractivity contribution is 6.31. The summed E-state index contributed by atoms with van der Waals surface area (Å²) in [6.07, 6.45) is -2.86. The minimum Gasteiger partial charge on any atom is -0.355 e. The van der Waals surface area contributed by atoms with Gasteiger partial charge in [-0.3, -0.25) is 29.0 Å². The zero-order valence-corrected chi connectivity index (χ0v) is 39.1. The first-order chi connectivity index (χ1) is 30.0. The molecule has 3 aromatic carbocycles. The van der Waals surface area contributed by atoms with Crippen molar-refractivity contribution in [3.63, 3.8) is 0 Å². The van der Waals surface area contributed by atoms with Gasteiger partial charge in [0, 0.05) is 108 Å². The van der Waals surface area contributed by atoms with Crippen LogP contribution in [-0.2, 0) is 32.4 Å². The fourth-order valence-corrected chi connectivity index (χ4v) is 8.14. The lowest BCUT2D eigenvalue weighted by atomic mass is 9.98. The summed E-state index contributed by atoms with van der Waals surface area (Å²) >= 11 is 5.85. The van der Waals surface area contributed by atoms with Gasteiger partial charge in [-0.25, -0.2) is 0 Å². The predicted molar refractivity (Wildman–Crippen MR) is 241 cm³/mol. The summed E-state index contributed by atoms with van der Waals surface area (Å²) < 4.78 is 39.6. The second-order valence-corrected chi connectivity index (χ2v) is 18.0. The number of alkyl halides is 3. The lowest BCUT2D eigenvalue weighted by Gasteiger charge is -2.20. The highest BCUT2D eigenvalue weighted by atomic mass is 35.5. The van der Waals surface area contributed by atoms with E-state index in [0.717, 1.165) is 51.7 Å². The van der Waals surface area contributed by atoms with Gasteiger partial charge < -0.3 is 24.9 Å². The number of halogens is 4. The molecule has 0 saturated heterocycles. The molecule has 8 rings (SSSR count). The average Bonchev–Trinajstić information content (AvgIpc) is 3.98. The monoisotopic (exact) mass is 902 g/mol. The van der Waals surface area contributed by atoms with E-state index in [1.807, 2.05) is 98.7 Å². The molecule has 5 heterocycles. The highest BCUT2D eigenvalue weighted by Crippen LogP contribution is 2.39. The topological polar surface area (TPSA) is 123 Å². The second-order valence-electron chi connectivity index (χ2n) is 17.6. The molecule has 4 aliphatic heterocycles. The third-order valence-electron chi connectivity index (χ3n) is 11.6. The number of benzene rings is 3. The van der Waals surface area contributed by atoms with E-state index in [2.05, 4.69) is 24.1 Å². The Hall–Kier alpha value is -5.76. The van der Waals surface area contributed by atoms with Crippen LogP contribution in [0.3, 0.4) is 0 Å². The van der Waals surface area contributed by atoms with Crippen LogP contribution in [0.4, 0.5) is 13.2 Å². The van der Waals surface area contributed by atoms with Gasteiger partial charge in [0.05, 0.1) is 5.56 Å². The van der Waals surface area contributed by atoms with E-state index in [0.29, 0.717) is 30.1 Å². The Bertz CT molecular complexity index is 2430. The molecule has 1 N–H and O–H groups in total. The Labute approximate surface area is 379 Å². The molecule has 0 unspecified atom stereocenters. The number of hydrogen-bond donors (Lipinski definition) is 1. The summed E-state index contributed by atoms with van der Waals surface area (Å²) in [6.45, 7) is 22.0. The van der Waals surface area contributed by atoms with Crippen molar-refractivity contribution in [2.24, 2.45) is 0 Å². The van der Waals surface area contributed by atoms with Crippen molar-refractivity contribution in [3.05, 3.63) is 133 Å². The third-order valence-corrected chi connectivity index (χ3v) is 11.8. The van der Waals surface area contributed by atoms with Gasteiger partial charge in [-0.2, -0.15) is 13.2 Å². The molecule has 342 valence electrons. The van der Waals surface area contributed by atoms with E-state index < -0.39 is 23.6 Å². The molecular weight excluding hydrogens is 845 g/mol. The number of amides is 5. The van der Waals surface area contributed by atoms with Crippen molar-refractivity contribution in [3.8, 4) is 0 Å². The van der Waals surface area contributed by atoms with Crippen LogP contribution in [0.25, 0.3) is 0 Å². The van der Waals surface area contributed by atoms with E-state index in [4.69, 9.17) is 11.6 Å². The van der Waals surface area contributed by atoms with E-state index in [9.17, 15) is 37.1 Å². The summed E-state index contributed by atoms with van der Waals surface area (Å²) in [5.41, 5.74) is 5.69. The van der Waals surface area contributed by atoms with Crippen molar-refractivity contribution in [1.82, 2.24) is 29.9 Å². The normalized spacial score (nSPS) is 15.0. The van der Waals surface area contributed by atoms with Crippen LogP contribution < -0.4 is 5.32 Å². The minimum atomic E-state index is -4.61. The van der Waals surface area contributed by atoms with Gasteiger partial charge in [-0.1, -0.05) is 49.7 Å². The van der Waals surface area contributed by atoms with Crippen molar-refractivity contribution in [2.45, 2.75) is 132 Å². The molecule has 4 aliphatic rings. The van der Waals surface area contributed by atoms with E-state index >= 15 is 0 Å². The first-order valence-electron chi connectivity index (χ1n) is 21.5. The third kappa shape index (κ3) is 10.4. The number of aromatic nitrogens is 1. The minimum absolute atomic E-state index is 0.0443. The molecule has 15 heteroatoms. The lowest BCUT2D eigenvalue weighted by molar-refractivity contribution is -0.138. The van der Waals surface area contributed by atoms with Gasteiger partial charge in [0.15, 0.2) is 0 Å². The van der Waals surface area contributed by atoms with Gasteiger partial charge in [0.1, 0.15) is 0 Å². The van der Waals surface area contributed by atoms with E-state index in [1.54, 1.807) is 26.1 Å². The standard InChI is InChI=1S/C14H15F3N2O2.C13H18N2O.C11H12ClNO.C11H13NO/c1-7(2)19-6-10-9(13(19)21)4-8(12(20)18-3)5-11(10)14(15,16)17;1-8(2)12-11-7-15(9(3)4)13(16)10(11)5-6-14-12;1-7(2)13-6-8-3-4-9(12)5-10(8)11(13)14;1-8(2)12-7-9-5-3-4-6-10(9)11(12)13/h4-5,7H,6H2,1-3H3,(H,18,20);5-6,8-9H,7H2,1-4H3;3-5,7H,6H2,1-2H3;3-6,8H,7H2,1-2H3. The molecule has 5 amide bonds. The fraction of sp³-hybridized carbons (Fsp3) is 0.429. The summed E-state index contributed by atoms with van der Waals surface area (Å²) in [4.78, 5) is 70.9. The fourth-order valence-electron chi connectivity index (χ4n) is 7.97. The van der Waals surface area contributed by atoms with Crippen LogP contribution in [0.15, 0.2) is 66.9 Å². The summed E-state index contributed by atoms with van der Waals surface area (Å²) in [6, 6.07) is 17.8. The number of nitrogens with one attached hydrogen (secondary N) is 1. The molecule has 0 atom stereocenters. The van der Waals surface area contributed by atoms with Gasteiger partial charge >= 0.3 is 6.18 Å². The Kier molecular flexibility index (Phi) is 15.4. The number of hydrogen-bond acceptors (Lipinski definition) is 6. The van der Waals surface area contributed by atoms with Crippen LogP contribution in [0, 0.1) is 0 Å². The van der Waals surface area contributed by atoms with E-state index in [-0.39, 0.29) is 59.1 Å². The van der Waals surface area contributed by atoms with Crippen molar-refractivity contribution in [2.75, 3.05) is 7.05 Å². The van der Waals surface area contributed by atoms with Gasteiger partial charge in [0.25, 0.3) is 29.5 Å². The number of carbonyl (C=O) groups is 5. The number of nitrogens with zero attached hydrogens (tertiary/aromatic N) is 5. The Morgan fingerprint density at radius 1 is 0.609 bits per heavy atom. The van der Waals surface area contributed by atoms with Crippen molar-refractivity contribution in [1.29, 1.82) is 0 Å². The molecule has 0 fully saturated rings. The van der Waals surface area contributed by atoms with Crippen molar-refractivity contribution >= 4 is 41.1 Å². The lowest BCUT2D eigenvalue weighted by Crippen LogP contribution is -2.30. The molecule has 11 nitrogen and oxygen atoms in total. The summed E-state index contributed by atoms with van der Waals surface area (Å²) in [7, 11) is 1.32. The summed E-state index contributed by atoms with van der Waals surface area (Å²) in [5.74, 6) is -0.345. The first-order valence-corrected chi connectivity index (χ1v) is 21.9. The second kappa shape index (κ2) is 20.0. The number of rotatable bonds is 6. The quantitative estimate of drug-likeness (QED) is 0.206. The first kappa shape index (κ1) is 49.3. The van der Waals surface area contributed by atoms with Gasteiger partial charge in [-0.05, 0) is 114 Å². The molecular formula is C49H58ClF3N6O5. The SMILES string of the molecule is CC(C)N1Cc2ccc(Cl)cc2C1=O.CC(C)N1Cc2ccccc2C1=O.CC(C)c1nccc2c1CN(C(C)C)C2=O.CNC(=O)c1cc2c(c(C(F)(F)F)c1)CN(C(C)C)C2=O. The van der Waals surface area contributed by atoms with Crippen LogP contribution in [-0.4, -0.2) is 85.3 Å². The summed E-state index contributed by atoms with van der Waals surface area (Å²) in [5, 5.41) is 2.90. The van der Waals surface area contributed by atoms with Crippen LogP contribution in [0.5, 0.6) is 0 Å². The molecule has 0 aliphatic carbocycles. The molecule has 64 heavy (non-hydrogen) atoms. The zero-order chi connectivity index (χ0) is 47.5. The molecule has 1 aromatic heterocycles. The van der Waals surface area contributed by atoms with Crippen LogP contribution in [0.2, 0.25) is 5.02 Å². The number of pyridine rings is 1. The van der Waals surface area contributed by atoms with Gasteiger partial charge in [0.2, 0.25) is 0 Å². The molecule has 4 aromatic rings. The molecule has 0 saturated carbocycles. The average molecular weight is 903 g/mol. The largest absolute Gasteiger partial charge is 0.416 e. The zero-order valence-electron chi connectivity index (χ0n) is 38.4. The smallest absolute Gasteiger partial charge is 0.355 e. The maximum atomic E-state index is 13.2. The number of fused-ring (bicyclic) bond motifs is 4. The Balaban J connectivity index is 0.000000163. The molecule has 0 bridgehead atoms. The van der Waals surface area contributed by atoms with Gasteiger partial charge in [-0.15, -0.1) is 0 Å². The van der Waals surface area contributed by atoms with E-state index in [1.165, 1.54) is 18.0 Å². The highest BCUT2D eigenvalue weighted by Gasteiger charge is 2.41. The Morgan fingerprint density at radius 2 is 1.09 bits per heavy atom. The van der Waals surface area contributed by atoms with Crippen LogP contribution >= 0.6 is 11.6 Å². The Morgan fingerprint density at radius 3 is 1.61 bits per heavy atom. The maximum absolute atomic E-state index is 13.2. The van der Waals surface area contributed by atoms with Crippen LogP contribution in [0.1, 0.15) is 160 Å². The van der Waals surface area contributed by atoms with Crippen molar-refractivity contribution < 1.29 is 37.1 Å². The maximum Gasteiger partial charge on any atom is 0.416 e. The molecule has 0 radical (unpaired) electrons. The predicted octanol–water partition coefficient (Wildman–Crippen LogP) is 9.75. The molecule has 0 spiro atoms. The number of carbonyl (C=O) groups excluding carboxylic acids is 5.